The van der Waals surface area contributed by atoms with Crippen LogP contribution in [0.25, 0.3) is 0 Å². The number of aromatic nitrogens is 2. The van der Waals surface area contributed by atoms with Gasteiger partial charge in [-0.05, 0) is 23.8 Å². The van der Waals surface area contributed by atoms with E-state index in [9.17, 15) is 4.79 Å². The number of hydrogen-bond donors (Lipinski definition) is 1. The minimum atomic E-state index is -0.522. The van der Waals surface area contributed by atoms with E-state index in [1.807, 2.05) is 59.3 Å². The quantitative estimate of drug-likeness (QED) is 0.743. The number of nitrogens with one attached hydrogen (secondary N) is 1. The molecule has 0 fully saturated rings. The number of fused-ring (bicyclic) bond motifs is 1. The molecule has 0 bridgehead atoms. The maximum Gasteiger partial charge on any atom is 0.265 e. The molecule has 6 heteroatoms. The predicted octanol–water partition coefficient (Wildman–Crippen LogP) is 2.90. The fraction of sp³-hybridized carbons (Fsp3) is 0.200. The molecule has 0 radical (unpaired) electrons. The number of benzene rings is 2. The van der Waals surface area contributed by atoms with Crippen molar-refractivity contribution in [1.82, 2.24) is 9.55 Å². The van der Waals surface area contributed by atoms with Gasteiger partial charge in [0, 0.05) is 18.8 Å². The zero-order valence-electron chi connectivity index (χ0n) is 14.2. The van der Waals surface area contributed by atoms with Crippen molar-refractivity contribution in [1.29, 1.82) is 0 Å². The maximum atomic E-state index is 12.6. The van der Waals surface area contributed by atoms with Crippen molar-refractivity contribution >= 4 is 11.6 Å². The minimum absolute atomic E-state index is 0.174. The van der Waals surface area contributed by atoms with Crippen molar-refractivity contribution in [2.24, 2.45) is 0 Å². The highest BCUT2D eigenvalue weighted by molar-refractivity contribution is 5.96. The van der Waals surface area contributed by atoms with Crippen molar-refractivity contribution in [3.63, 3.8) is 0 Å². The average Bonchev–Trinajstić information content (AvgIpc) is 3.32. The normalized spacial score (nSPS) is 15.2. The first-order chi connectivity index (χ1) is 12.8. The Morgan fingerprint density at radius 3 is 2.92 bits per heavy atom. The molecule has 0 unspecified atom stereocenters. The van der Waals surface area contributed by atoms with Crippen LogP contribution in [0, 0.1) is 0 Å². The summed E-state index contributed by atoms with van der Waals surface area (Å²) in [5, 5.41) is 2.92. The number of nitrogens with zero attached hydrogens (tertiary/aromatic N) is 2. The Kier molecular flexibility index (Phi) is 4.55. The Morgan fingerprint density at radius 1 is 1.23 bits per heavy atom. The van der Waals surface area contributed by atoms with E-state index in [2.05, 4.69) is 10.3 Å². The number of ether oxygens (including phenoxy) is 2. The average molecular weight is 349 g/mol. The molecule has 2 heterocycles. The highest BCUT2D eigenvalue weighted by atomic mass is 16.5. The molecular formula is C20H19N3O3. The number of carbonyl (C=O) groups excluding carboxylic acids is 1. The highest BCUT2D eigenvalue weighted by Gasteiger charge is 2.29. The third kappa shape index (κ3) is 3.54. The largest absolute Gasteiger partial charge is 0.490 e. The van der Waals surface area contributed by atoms with E-state index in [0.717, 1.165) is 11.3 Å². The molecule has 26 heavy (non-hydrogen) atoms. The van der Waals surface area contributed by atoms with Gasteiger partial charge in [0.1, 0.15) is 18.1 Å². The second-order valence-electron chi connectivity index (χ2n) is 6.05. The zero-order valence-corrected chi connectivity index (χ0v) is 14.2. The topological polar surface area (TPSA) is 65.4 Å². The van der Waals surface area contributed by atoms with Crippen molar-refractivity contribution in [2.75, 3.05) is 11.9 Å². The summed E-state index contributed by atoms with van der Waals surface area (Å²) in [6, 6.07) is 15.1. The summed E-state index contributed by atoms with van der Waals surface area (Å²) < 4.78 is 13.5. The molecule has 0 spiro atoms. The first kappa shape index (κ1) is 16.2. The summed E-state index contributed by atoms with van der Waals surface area (Å²) in [4.78, 5) is 16.6. The van der Waals surface area contributed by atoms with Crippen LogP contribution in [-0.2, 0) is 17.8 Å². The fourth-order valence-electron chi connectivity index (χ4n) is 2.92. The Labute approximate surface area is 151 Å². The number of imidazole rings is 1. The number of para-hydroxylation sites is 3. The molecule has 1 atom stereocenters. The number of rotatable bonds is 6. The molecule has 3 aromatic rings. The van der Waals surface area contributed by atoms with Gasteiger partial charge in [0.25, 0.3) is 5.91 Å². The smallest absolute Gasteiger partial charge is 0.265 e. The molecule has 132 valence electrons. The van der Waals surface area contributed by atoms with Gasteiger partial charge in [0.05, 0.1) is 18.6 Å². The van der Waals surface area contributed by atoms with E-state index in [1.165, 1.54) is 0 Å². The van der Waals surface area contributed by atoms with Gasteiger partial charge in [-0.2, -0.15) is 0 Å². The Balaban J connectivity index is 1.38. The molecule has 0 saturated carbocycles. The first-order valence-electron chi connectivity index (χ1n) is 8.52. The number of hydrogen-bond acceptors (Lipinski definition) is 4. The van der Waals surface area contributed by atoms with E-state index >= 15 is 0 Å². The van der Waals surface area contributed by atoms with Crippen molar-refractivity contribution in [3.8, 4) is 11.5 Å². The maximum absolute atomic E-state index is 12.6. The van der Waals surface area contributed by atoms with Gasteiger partial charge in [-0.1, -0.05) is 30.3 Å². The lowest BCUT2D eigenvalue weighted by atomic mass is 10.1. The molecule has 1 amide bonds. The van der Waals surface area contributed by atoms with E-state index in [-0.39, 0.29) is 5.91 Å². The van der Waals surface area contributed by atoms with Gasteiger partial charge in [0.2, 0.25) is 0 Å². The van der Waals surface area contributed by atoms with Crippen LogP contribution in [0.2, 0.25) is 0 Å². The second kappa shape index (κ2) is 7.31. The SMILES string of the molecule is O=C(Nc1ccccc1OCCn1ccnc1)[C@H]1Cc2ccccc2O1. The summed E-state index contributed by atoms with van der Waals surface area (Å²) in [6.07, 6.45) is 5.41. The van der Waals surface area contributed by atoms with Crippen LogP contribution in [-0.4, -0.2) is 28.2 Å². The minimum Gasteiger partial charge on any atom is -0.490 e. The van der Waals surface area contributed by atoms with Crippen LogP contribution in [0.4, 0.5) is 5.69 Å². The van der Waals surface area contributed by atoms with E-state index in [0.29, 0.717) is 31.0 Å². The van der Waals surface area contributed by atoms with Crippen LogP contribution in [0.3, 0.4) is 0 Å². The fourth-order valence-corrected chi connectivity index (χ4v) is 2.92. The Morgan fingerprint density at radius 2 is 2.08 bits per heavy atom. The van der Waals surface area contributed by atoms with Gasteiger partial charge in [-0.15, -0.1) is 0 Å². The van der Waals surface area contributed by atoms with E-state index in [4.69, 9.17) is 9.47 Å². The Hall–Kier alpha value is -3.28. The van der Waals surface area contributed by atoms with E-state index in [1.54, 1.807) is 12.5 Å². The highest BCUT2D eigenvalue weighted by Crippen LogP contribution is 2.30. The third-order valence-corrected chi connectivity index (χ3v) is 4.25. The zero-order chi connectivity index (χ0) is 17.8. The van der Waals surface area contributed by atoms with Gasteiger partial charge in [-0.25, -0.2) is 4.98 Å². The van der Waals surface area contributed by atoms with Crippen LogP contribution in [0.5, 0.6) is 11.5 Å². The van der Waals surface area contributed by atoms with E-state index < -0.39 is 6.10 Å². The monoisotopic (exact) mass is 349 g/mol. The number of anilines is 1. The van der Waals surface area contributed by atoms with Gasteiger partial charge < -0.3 is 19.4 Å². The van der Waals surface area contributed by atoms with Gasteiger partial charge in [-0.3, -0.25) is 4.79 Å². The lowest BCUT2D eigenvalue weighted by Crippen LogP contribution is -2.31. The summed E-state index contributed by atoms with van der Waals surface area (Å²) in [5.74, 6) is 1.24. The van der Waals surface area contributed by atoms with Crippen LogP contribution < -0.4 is 14.8 Å². The predicted molar refractivity (Wildman–Crippen MR) is 97.4 cm³/mol. The van der Waals surface area contributed by atoms with Crippen molar-refractivity contribution in [3.05, 3.63) is 72.8 Å². The lowest BCUT2D eigenvalue weighted by Gasteiger charge is -2.15. The molecule has 0 aliphatic carbocycles. The molecule has 1 aliphatic heterocycles. The summed E-state index contributed by atoms with van der Waals surface area (Å²) in [6.45, 7) is 1.16. The van der Waals surface area contributed by atoms with Crippen LogP contribution in [0.15, 0.2) is 67.3 Å². The summed E-state index contributed by atoms with van der Waals surface area (Å²) >= 11 is 0. The first-order valence-corrected chi connectivity index (χ1v) is 8.52. The summed E-state index contributed by atoms with van der Waals surface area (Å²) in [7, 11) is 0. The second-order valence-corrected chi connectivity index (χ2v) is 6.05. The molecule has 4 rings (SSSR count). The van der Waals surface area contributed by atoms with Crippen molar-refractivity contribution < 1.29 is 14.3 Å². The molecular weight excluding hydrogens is 330 g/mol. The number of amides is 1. The number of carbonyl (C=O) groups is 1. The van der Waals surface area contributed by atoms with Gasteiger partial charge in [0.15, 0.2) is 6.10 Å². The molecule has 1 aromatic heterocycles. The summed E-state index contributed by atoms with van der Waals surface area (Å²) in [5.41, 5.74) is 1.69. The van der Waals surface area contributed by atoms with Crippen molar-refractivity contribution in [2.45, 2.75) is 19.1 Å². The standard InChI is InChI=1S/C20H19N3O3/c24-20(19-13-15-5-1-3-7-17(15)26-19)22-16-6-2-4-8-18(16)25-12-11-23-10-9-21-14-23/h1-10,14,19H,11-13H2,(H,22,24)/t19-/m1/s1. The molecule has 2 aromatic carbocycles. The Bertz CT molecular complexity index is 868. The lowest BCUT2D eigenvalue weighted by molar-refractivity contribution is -0.122. The molecule has 6 nitrogen and oxygen atoms in total. The van der Waals surface area contributed by atoms with Crippen LogP contribution in [0.1, 0.15) is 5.56 Å². The molecule has 1 aliphatic rings. The van der Waals surface area contributed by atoms with Crippen LogP contribution >= 0.6 is 0 Å². The third-order valence-electron chi connectivity index (χ3n) is 4.25. The molecule has 1 N–H and O–H groups in total. The van der Waals surface area contributed by atoms with Gasteiger partial charge >= 0.3 is 0 Å². The molecule has 0 saturated heterocycles.